The average Bonchev–Trinajstić information content (AvgIpc) is 3.69. The van der Waals surface area contributed by atoms with E-state index in [9.17, 15) is 14.7 Å². The maximum atomic E-state index is 14.1. The lowest BCUT2D eigenvalue weighted by Crippen LogP contribution is -2.44. The zero-order valence-electron chi connectivity index (χ0n) is 25.2. The summed E-state index contributed by atoms with van der Waals surface area (Å²) in [6.07, 6.45) is 6.71. The Labute approximate surface area is 274 Å². The maximum absolute atomic E-state index is 14.1. The van der Waals surface area contributed by atoms with Crippen LogP contribution in [0.25, 0.3) is 10.8 Å². The quantitative estimate of drug-likeness (QED) is 0.175. The van der Waals surface area contributed by atoms with Gasteiger partial charge in [0.2, 0.25) is 0 Å². The van der Waals surface area contributed by atoms with Crippen molar-refractivity contribution < 1.29 is 19.8 Å². The van der Waals surface area contributed by atoms with Crippen LogP contribution < -0.4 is 9.80 Å². The number of allylic oxidation sites excluding steroid dienone is 1. The second kappa shape index (κ2) is 11.9. The Kier molecular flexibility index (Phi) is 7.80. The topological polar surface area (TPSA) is 112 Å². The van der Waals surface area contributed by atoms with Gasteiger partial charge in [-0.25, -0.2) is 0 Å². The maximum Gasteiger partial charge on any atom is 0.264 e. The molecule has 232 valence electrons. The molecule has 2 N–H and O–H groups in total. The van der Waals surface area contributed by atoms with Gasteiger partial charge in [0.15, 0.2) is 5.60 Å². The van der Waals surface area contributed by atoms with Crippen molar-refractivity contribution in [2.75, 3.05) is 16.4 Å². The molecule has 10 heteroatoms. The lowest BCUT2D eigenvalue weighted by atomic mass is 9.83. The van der Waals surface area contributed by atoms with Crippen molar-refractivity contribution >= 4 is 55.6 Å². The van der Waals surface area contributed by atoms with Crippen molar-refractivity contribution in [2.45, 2.75) is 38.5 Å². The number of benzene rings is 4. The van der Waals surface area contributed by atoms with E-state index in [1.807, 2.05) is 97.9 Å². The van der Waals surface area contributed by atoms with Gasteiger partial charge in [-0.3, -0.25) is 19.2 Å². The number of rotatable bonds is 10. The van der Waals surface area contributed by atoms with E-state index in [1.54, 1.807) is 20.7 Å². The number of aliphatic hydroxyl groups is 2. The molecular formula is C36H32BrN5O4. The zero-order chi connectivity index (χ0) is 32.0. The highest BCUT2D eigenvalue weighted by molar-refractivity contribution is 9.10. The molecule has 46 heavy (non-hydrogen) atoms. The Morgan fingerprint density at radius 1 is 1.00 bits per heavy atom. The molecule has 3 heterocycles. The summed E-state index contributed by atoms with van der Waals surface area (Å²) >= 11 is 3.52. The Morgan fingerprint density at radius 3 is 2.63 bits per heavy atom. The molecule has 0 unspecified atom stereocenters. The van der Waals surface area contributed by atoms with Crippen LogP contribution in [0, 0.1) is 5.92 Å². The van der Waals surface area contributed by atoms with Gasteiger partial charge < -0.3 is 15.1 Å². The van der Waals surface area contributed by atoms with Crippen LogP contribution >= 0.6 is 15.9 Å². The molecule has 5 aromatic rings. The molecule has 2 atom stereocenters. The third-order valence-electron chi connectivity index (χ3n) is 8.86. The van der Waals surface area contributed by atoms with Crippen molar-refractivity contribution in [3.05, 3.63) is 124 Å². The SMILES string of the molecule is C[C@@H](/C=C/CCn1cc(CCO)nn1)[C@]1(O)C(=O)N(Cc2cccc(N3C(=O)c4cccc5cccc3c45)c2)c2ccc(Br)cc21. The highest BCUT2D eigenvalue weighted by Crippen LogP contribution is 2.47. The highest BCUT2D eigenvalue weighted by Gasteiger charge is 2.52. The van der Waals surface area contributed by atoms with E-state index < -0.39 is 17.4 Å². The molecular weight excluding hydrogens is 646 g/mol. The summed E-state index contributed by atoms with van der Waals surface area (Å²) in [6.45, 7) is 2.67. The van der Waals surface area contributed by atoms with Gasteiger partial charge in [-0.2, -0.15) is 0 Å². The number of aliphatic hydroxyl groups excluding tert-OH is 1. The lowest BCUT2D eigenvalue weighted by Gasteiger charge is -2.28. The standard InChI is InChI=1S/C36H32BrN5O4/c1-23(7-2-3-17-40-22-27(16-18-43)38-39-40)36(46)30-20-26(37)14-15-31(30)41(35(36)45)21-24-8-4-11-28(19-24)42-32-13-6-10-25-9-5-12-29(33(25)32)34(42)44/h2,4-15,19-20,22-23,43,46H,3,16-18,21H2,1H3/b7-2+/t23-,36+/m0/s1. The van der Waals surface area contributed by atoms with Crippen LogP contribution in [-0.2, 0) is 29.9 Å². The molecule has 0 bridgehead atoms. The van der Waals surface area contributed by atoms with E-state index in [1.165, 1.54) is 0 Å². The van der Waals surface area contributed by atoms with Gasteiger partial charge in [-0.1, -0.05) is 76.6 Å². The summed E-state index contributed by atoms with van der Waals surface area (Å²) in [5, 5.41) is 31.3. The first-order chi connectivity index (χ1) is 22.3. The molecule has 1 aromatic heterocycles. The molecule has 0 saturated carbocycles. The first kappa shape index (κ1) is 30.0. The molecule has 2 aliphatic heterocycles. The predicted molar refractivity (Wildman–Crippen MR) is 180 cm³/mol. The molecule has 0 fully saturated rings. The average molecular weight is 679 g/mol. The van der Waals surface area contributed by atoms with Crippen molar-refractivity contribution in [2.24, 2.45) is 5.92 Å². The third-order valence-corrected chi connectivity index (χ3v) is 9.35. The number of halogens is 1. The number of nitrogens with zero attached hydrogens (tertiary/aromatic N) is 5. The molecule has 0 aliphatic carbocycles. The van der Waals surface area contributed by atoms with Crippen molar-refractivity contribution in [3.8, 4) is 0 Å². The van der Waals surface area contributed by atoms with Gasteiger partial charge in [0, 0.05) is 52.8 Å². The van der Waals surface area contributed by atoms with Crippen LogP contribution in [0.4, 0.5) is 17.1 Å². The number of carbonyl (C=O) groups excluding carboxylic acids is 2. The van der Waals surface area contributed by atoms with Gasteiger partial charge in [0.25, 0.3) is 11.8 Å². The van der Waals surface area contributed by atoms with Gasteiger partial charge in [0.1, 0.15) is 0 Å². The Bertz CT molecular complexity index is 2020. The molecule has 2 amide bonds. The monoisotopic (exact) mass is 677 g/mol. The smallest absolute Gasteiger partial charge is 0.264 e. The van der Waals surface area contributed by atoms with Crippen LogP contribution in [-0.4, -0.2) is 43.6 Å². The molecule has 2 aliphatic rings. The van der Waals surface area contributed by atoms with Crippen molar-refractivity contribution in [1.29, 1.82) is 0 Å². The Hall–Kier alpha value is -4.64. The first-order valence-corrected chi connectivity index (χ1v) is 16.0. The van der Waals surface area contributed by atoms with Crippen LogP contribution in [0.3, 0.4) is 0 Å². The van der Waals surface area contributed by atoms with Gasteiger partial charge in [-0.15, -0.1) is 5.10 Å². The fourth-order valence-corrected chi connectivity index (χ4v) is 6.91. The minimum absolute atomic E-state index is 0.0204. The van der Waals surface area contributed by atoms with Crippen LogP contribution in [0.5, 0.6) is 0 Å². The van der Waals surface area contributed by atoms with E-state index in [-0.39, 0.29) is 19.1 Å². The molecule has 4 aromatic carbocycles. The third kappa shape index (κ3) is 5.02. The molecule has 7 rings (SSSR count). The summed E-state index contributed by atoms with van der Waals surface area (Å²) in [5.41, 5.74) is 3.22. The molecule has 0 spiro atoms. The summed E-state index contributed by atoms with van der Waals surface area (Å²) < 4.78 is 2.48. The molecule has 0 saturated heterocycles. The van der Waals surface area contributed by atoms with E-state index >= 15 is 0 Å². The van der Waals surface area contributed by atoms with Crippen molar-refractivity contribution in [3.63, 3.8) is 0 Å². The number of amides is 2. The number of hydrogen-bond acceptors (Lipinski definition) is 6. The van der Waals surface area contributed by atoms with E-state index in [2.05, 4.69) is 26.2 Å². The second-order valence-electron chi connectivity index (χ2n) is 11.8. The normalized spacial score (nSPS) is 17.9. The zero-order valence-corrected chi connectivity index (χ0v) is 26.8. The van der Waals surface area contributed by atoms with Crippen LogP contribution in [0.1, 0.15) is 40.5 Å². The largest absolute Gasteiger partial charge is 0.396 e. The summed E-state index contributed by atoms with van der Waals surface area (Å²) in [7, 11) is 0. The predicted octanol–water partition coefficient (Wildman–Crippen LogP) is 6.04. The lowest BCUT2D eigenvalue weighted by molar-refractivity contribution is -0.139. The fraction of sp³-hybridized carbons (Fsp3) is 0.222. The number of aromatic nitrogens is 3. The Balaban J connectivity index is 1.13. The summed E-state index contributed by atoms with van der Waals surface area (Å²) in [4.78, 5) is 31.1. The number of anilines is 3. The number of aryl methyl sites for hydroxylation is 1. The highest BCUT2D eigenvalue weighted by atomic mass is 79.9. The van der Waals surface area contributed by atoms with Gasteiger partial charge >= 0.3 is 0 Å². The van der Waals surface area contributed by atoms with E-state index in [0.29, 0.717) is 36.2 Å². The molecule has 0 radical (unpaired) electrons. The van der Waals surface area contributed by atoms with E-state index in [0.717, 1.165) is 37.9 Å². The summed E-state index contributed by atoms with van der Waals surface area (Å²) in [5.74, 6) is -1.01. The fourth-order valence-electron chi connectivity index (χ4n) is 6.55. The van der Waals surface area contributed by atoms with E-state index in [4.69, 9.17) is 5.11 Å². The number of hydrogen-bond donors (Lipinski definition) is 2. The Morgan fingerprint density at radius 2 is 1.80 bits per heavy atom. The van der Waals surface area contributed by atoms with Gasteiger partial charge in [0.05, 0.1) is 29.2 Å². The number of carbonyl (C=O) groups is 2. The minimum Gasteiger partial charge on any atom is -0.396 e. The first-order valence-electron chi connectivity index (χ1n) is 15.3. The minimum atomic E-state index is -1.77. The molecule has 9 nitrogen and oxygen atoms in total. The number of fused-ring (bicyclic) bond motifs is 1. The second-order valence-corrected chi connectivity index (χ2v) is 12.7. The summed E-state index contributed by atoms with van der Waals surface area (Å²) in [6, 6.07) is 24.9. The van der Waals surface area contributed by atoms with Crippen LogP contribution in [0.15, 0.2) is 102 Å². The van der Waals surface area contributed by atoms with Crippen LogP contribution in [0.2, 0.25) is 0 Å². The van der Waals surface area contributed by atoms with Crippen molar-refractivity contribution in [1.82, 2.24) is 15.0 Å². The van der Waals surface area contributed by atoms with Gasteiger partial charge in [-0.05, 0) is 59.8 Å².